The van der Waals surface area contributed by atoms with Crippen LogP contribution in [-0.2, 0) is 23.8 Å². The Labute approximate surface area is 70.6 Å². The first-order valence-corrected chi connectivity index (χ1v) is 3.33. The smallest absolute Gasteiger partial charge is 0.335 e. The van der Waals surface area contributed by atoms with Gasteiger partial charge in [0.05, 0.1) is 20.6 Å². The summed E-state index contributed by atoms with van der Waals surface area (Å²) in [5, 5.41) is 0. The van der Waals surface area contributed by atoms with Crippen LogP contribution in [0.4, 0.5) is 0 Å². The third-order valence-corrected chi connectivity index (χ3v) is 1.33. The summed E-state index contributed by atoms with van der Waals surface area (Å²) in [4.78, 5) is 21.5. The normalized spacial score (nSPS) is 11.9. The Morgan fingerprint density at radius 1 is 1.17 bits per heavy atom. The highest BCUT2D eigenvalue weighted by atomic mass is 16.6. The van der Waals surface area contributed by atoms with E-state index in [2.05, 4.69) is 9.47 Å². The molecule has 0 bridgehead atoms. The molecule has 0 unspecified atom stereocenters. The topological polar surface area (TPSA) is 61.8 Å². The highest BCUT2D eigenvalue weighted by molar-refractivity contribution is 5.81. The molecule has 0 aromatic rings. The first-order chi connectivity index (χ1) is 5.65. The second kappa shape index (κ2) is 5.54. The highest BCUT2D eigenvalue weighted by Gasteiger charge is 2.22. The quantitative estimate of drug-likeness (QED) is 0.552. The van der Waals surface area contributed by atoms with E-state index >= 15 is 0 Å². The molecule has 0 amide bonds. The number of ether oxygens (including phenoxy) is 3. The van der Waals surface area contributed by atoms with E-state index in [1.165, 1.54) is 21.3 Å². The summed E-state index contributed by atoms with van der Waals surface area (Å²) in [6, 6.07) is 0. The van der Waals surface area contributed by atoms with Gasteiger partial charge >= 0.3 is 11.9 Å². The predicted octanol–water partition coefficient (Wildman–Crippen LogP) is -0.263. The number of rotatable bonds is 4. The maximum absolute atomic E-state index is 10.8. The Morgan fingerprint density at radius 2 is 1.75 bits per heavy atom. The third-order valence-electron chi connectivity index (χ3n) is 1.33. The molecule has 0 aromatic carbocycles. The molecule has 70 valence electrons. The van der Waals surface area contributed by atoms with Crippen molar-refractivity contribution in [1.29, 1.82) is 0 Å². The standard InChI is InChI=1S/C7H12O5/c1-10-5(7(9)12-3)4-6(8)11-2/h5H,4H2,1-3H3/t5-/m1/s1. The molecule has 5 heteroatoms. The van der Waals surface area contributed by atoms with Gasteiger partial charge in [-0.2, -0.15) is 0 Å². The molecule has 0 saturated carbocycles. The van der Waals surface area contributed by atoms with Gasteiger partial charge in [0.15, 0.2) is 6.10 Å². The molecule has 0 aliphatic rings. The minimum Gasteiger partial charge on any atom is -0.469 e. The Morgan fingerprint density at radius 3 is 2.08 bits per heavy atom. The van der Waals surface area contributed by atoms with Gasteiger partial charge < -0.3 is 14.2 Å². The fourth-order valence-corrected chi connectivity index (χ4v) is 0.629. The molecular formula is C7H12O5. The van der Waals surface area contributed by atoms with Gasteiger partial charge in [0.1, 0.15) is 0 Å². The first kappa shape index (κ1) is 10.9. The van der Waals surface area contributed by atoms with Gasteiger partial charge in [-0.1, -0.05) is 0 Å². The number of hydrogen-bond acceptors (Lipinski definition) is 5. The maximum Gasteiger partial charge on any atom is 0.335 e. The number of methoxy groups -OCH3 is 3. The summed E-state index contributed by atoms with van der Waals surface area (Å²) in [6.07, 6.45) is -0.998. The maximum atomic E-state index is 10.8. The fourth-order valence-electron chi connectivity index (χ4n) is 0.629. The largest absolute Gasteiger partial charge is 0.469 e. The van der Waals surface area contributed by atoms with Crippen LogP contribution in [0.1, 0.15) is 6.42 Å². The highest BCUT2D eigenvalue weighted by Crippen LogP contribution is 2.00. The van der Waals surface area contributed by atoms with Crippen molar-refractivity contribution in [3.63, 3.8) is 0 Å². The molecule has 0 rings (SSSR count). The molecule has 0 heterocycles. The van der Waals surface area contributed by atoms with Gasteiger partial charge in [0, 0.05) is 7.11 Å². The molecule has 0 aliphatic heterocycles. The summed E-state index contributed by atoms with van der Waals surface area (Å²) >= 11 is 0. The van der Waals surface area contributed by atoms with Crippen molar-refractivity contribution in [2.75, 3.05) is 21.3 Å². The van der Waals surface area contributed by atoms with Crippen LogP contribution >= 0.6 is 0 Å². The van der Waals surface area contributed by atoms with Crippen molar-refractivity contribution in [3.8, 4) is 0 Å². The van der Waals surface area contributed by atoms with Gasteiger partial charge in [0.2, 0.25) is 0 Å². The average Bonchev–Trinajstić information content (AvgIpc) is 2.12. The molecule has 0 aliphatic carbocycles. The van der Waals surface area contributed by atoms with Crippen LogP contribution in [0, 0.1) is 0 Å². The number of carbonyl (C=O) groups excluding carboxylic acids is 2. The fraction of sp³-hybridized carbons (Fsp3) is 0.714. The van der Waals surface area contributed by atoms with E-state index < -0.39 is 18.0 Å². The van der Waals surface area contributed by atoms with Crippen LogP contribution in [0.15, 0.2) is 0 Å². The molecule has 0 fully saturated rings. The third kappa shape index (κ3) is 3.34. The molecular weight excluding hydrogens is 164 g/mol. The van der Waals surface area contributed by atoms with E-state index in [1.54, 1.807) is 0 Å². The van der Waals surface area contributed by atoms with Gasteiger partial charge in [-0.15, -0.1) is 0 Å². The number of esters is 2. The predicted molar refractivity (Wildman–Crippen MR) is 39.4 cm³/mol. The molecule has 0 N–H and O–H groups in total. The van der Waals surface area contributed by atoms with Crippen molar-refractivity contribution >= 4 is 11.9 Å². The van der Waals surface area contributed by atoms with E-state index in [9.17, 15) is 9.59 Å². The van der Waals surface area contributed by atoms with Crippen LogP contribution in [-0.4, -0.2) is 39.4 Å². The second-order valence-corrected chi connectivity index (χ2v) is 2.03. The summed E-state index contributed by atoms with van der Waals surface area (Å²) < 4.78 is 13.4. The van der Waals surface area contributed by atoms with Crippen LogP contribution in [0.5, 0.6) is 0 Å². The first-order valence-electron chi connectivity index (χ1n) is 3.33. The van der Waals surface area contributed by atoms with Gasteiger partial charge in [-0.3, -0.25) is 4.79 Å². The van der Waals surface area contributed by atoms with Gasteiger partial charge in [-0.05, 0) is 0 Å². The Hall–Kier alpha value is -1.10. The zero-order valence-electron chi connectivity index (χ0n) is 7.33. The summed E-state index contributed by atoms with van der Waals surface area (Å²) in [7, 11) is 3.79. The lowest BCUT2D eigenvalue weighted by Gasteiger charge is -2.10. The zero-order chi connectivity index (χ0) is 9.56. The number of carbonyl (C=O) groups is 2. The lowest BCUT2D eigenvalue weighted by atomic mass is 10.2. The number of hydrogen-bond donors (Lipinski definition) is 0. The Kier molecular flexibility index (Phi) is 5.03. The van der Waals surface area contributed by atoms with Crippen molar-refractivity contribution in [2.24, 2.45) is 0 Å². The molecule has 0 saturated heterocycles. The molecule has 0 aromatic heterocycles. The molecule has 1 atom stereocenters. The summed E-state index contributed by atoms with van der Waals surface area (Å²) in [5.41, 5.74) is 0. The SMILES string of the molecule is COC(=O)C[C@@H](OC)C(=O)OC. The van der Waals surface area contributed by atoms with E-state index in [0.29, 0.717) is 0 Å². The minimum atomic E-state index is -0.873. The van der Waals surface area contributed by atoms with E-state index in [4.69, 9.17) is 4.74 Å². The molecule has 5 nitrogen and oxygen atoms in total. The monoisotopic (exact) mass is 176 g/mol. The van der Waals surface area contributed by atoms with Crippen molar-refractivity contribution in [2.45, 2.75) is 12.5 Å². The van der Waals surface area contributed by atoms with Crippen molar-refractivity contribution in [3.05, 3.63) is 0 Å². The lowest BCUT2D eigenvalue weighted by Crippen LogP contribution is -2.27. The summed E-state index contributed by atoms with van der Waals surface area (Å²) in [6.45, 7) is 0. The van der Waals surface area contributed by atoms with Crippen LogP contribution in [0.3, 0.4) is 0 Å². The van der Waals surface area contributed by atoms with Crippen molar-refractivity contribution < 1.29 is 23.8 Å². The molecule has 0 spiro atoms. The Balaban J connectivity index is 3.99. The summed E-state index contributed by atoms with van der Waals surface area (Å²) in [5.74, 6) is -1.09. The van der Waals surface area contributed by atoms with E-state index in [1.807, 2.05) is 0 Å². The van der Waals surface area contributed by atoms with Crippen LogP contribution < -0.4 is 0 Å². The van der Waals surface area contributed by atoms with Gasteiger partial charge in [-0.25, -0.2) is 4.79 Å². The average molecular weight is 176 g/mol. The molecule has 12 heavy (non-hydrogen) atoms. The lowest BCUT2D eigenvalue weighted by molar-refractivity contribution is -0.158. The zero-order valence-corrected chi connectivity index (χ0v) is 7.33. The van der Waals surface area contributed by atoms with Crippen LogP contribution in [0.25, 0.3) is 0 Å². The van der Waals surface area contributed by atoms with E-state index in [0.717, 1.165) is 0 Å². The Bertz CT molecular complexity index is 165. The van der Waals surface area contributed by atoms with Crippen molar-refractivity contribution in [1.82, 2.24) is 0 Å². The van der Waals surface area contributed by atoms with Crippen LogP contribution in [0.2, 0.25) is 0 Å². The van der Waals surface area contributed by atoms with Gasteiger partial charge in [0.25, 0.3) is 0 Å². The molecule has 0 radical (unpaired) electrons. The van der Waals surface area contributed by atoms with E-state index in [-0.39, 0.29) is 6.42 Å². The second-order valence-electron chi connectivity index (χ2n) is 2.03. The minimum absolute atomic E-state index is 0.125.